The van der Waals surface area contributed by atoms with Crippen molar-refractivity contribution in [3.8, 4) is 5.75 Å². The van der Waals surface area contributed by atoms with Gasteiger partial charge in [-0.2, -0.15) is 0 Å². The first-order valence-corrected chi connectivity index (χ1v) is 14.8. The van der Waals surface area contributed by atoms with Crippen LogP contribution in [0.3, 0.4) is 0 Å². The Labute approximate surface area is 215 Å². The molecule has 8 heteroatoms. The summed E-state index contributed by atoms with van der Waals surface area (Å²) in [5.74, 6) is 0.0248. The summed E-state index contributed by atoms with van der Waals surface area (Å²) in [4.78, 5) is 7.14. The van der Waals surface area contributed by atoms with Crippen molar-refractivity contribution in [2.24, 2.45) is 0 Å². The van der Waals surface area contributed by atoms with Gasteiger partial charge in [-0.05, 0) is 56.9 Å². The molecule has 0 heterocycles. The van der Waals surface area contributed by atoms with Crippen molar-refractivity contribution >= 4 is 15.7 Å². The Hall–Kier alpha value is -2.13. The Kier molecular flexibility index (Phi) is 9.28. The van der Waals surface area contributed by atoms with E-state index in [-0.39, 0.29) is 22.9 Å². The van der Waals surface area contributed by atoms with Crippen molar-refractivity contribution in [1.82, 2.24) is 4.90 Å². The highest BCUT2D eigenvalue weighted by molar-refractivity contribution is 7.92. The SMILES string of the molecule is Cc1ccc(S(=O)(=O)N(C[C@@H](O)CN(C2CCCCC2)C2CCCCC2)c2ccccc2OO)cc1. The summed E-state index contributed by atoms with van der Waals surface area (Å²) < 4.78 is 28.8. The zero-order valence-corrected chi connectivity index (χ0v) is 22.1. The molecular weight excluding hydrogens is 476 g/mol. The molecule has 36 heavy (non-hydrogen) atoms. The van der Waals surface area contributed by atoms with Crippen molar-refractivity contribution in [2.45, 2.75) is 94.2 Å². The van der Waals surface area contributed by atoms with E-state index < -0.39 is 16.1 Å². The molecule has 1 atom stereocenters. The number of benzene rings is 2. The van der Waals surface area contributed by atoms with E-state index in [9.17, 15) is 18.8 Å². The number of anilines is 1. The highest BCUT2D eigenvalue weighted by Gasteiger charge is 2.34. The predicted molar refractivity (Wildman–Crippen MR) is 142 cm³/mol. The van der Waals surface area contributed by atoms with E-state index in [4.69, 9.17) is 0 Å². The quantitative estimate of drug-likeness (QED) is 0.326. The summed E-state index contributed by atoms with van der Waals surface area (Å²) in [7, 11) is -4.02. The number of para-hydroxylation sites is 2. The topological polar surface area (TPSA) is 90.3 Å². The Morgan fingerprint density at radius 2 is 1.42 bits per heavy atom. The van der Waals surface area contributed by atoms with E-state index in [0.717, 1.165) is 31.2 Å². The maximum Gasteiger partial charge on any atom is 0.264 e. The number of nitrogens with zero attached hydrogens (tertiary/aromatic N) is 2. The van der Waals surface area contributed by atoms with E-state index in [2.05, 4.69) is 9.79 Å². The molecular formula is C28H40N2O5S. The highest BCUT2D eigenvalue weighted by Crippen LogP contribution is 2.34. The maximum absolute atomic E-state index is 13.8. The lowest BCUT2D eigenvalue weighted by molar-refractivity contribution is -0.137. The summed E-state index contributed by atoms with van der Waals surface area (Å²) in [6, 6.07) is 14.0. The third-order valence-electron chi connectivity index (χ3n) is 7.73. The molecule has 2 aliphatic carbocycles. The molecule has 0 unspecified atom stereocenters. The van der Waals surface area contributed by atoms with Gasteiger partial charge in [-0.25, -0.2) is 13.7 Å². The van der Waals surface area contributed by atoms with Crippen LogP contribution in [0.15, 0.2) is 53.4 Å². The third-order valence-corrected chi connectivity index (χ3v) is 9.52. The van der Waals surface area contributed by atoms with Gasteiger partial charge in [0.2, 0.25) is 0 Å². The lowest BCUT2D eigenvalue weighted by Crippen LogP contribution is -2.51. The van der Waals surface area contributed by atoms with Gasteiger partial charge in [0.05, 0.1) is 23.2 Å². The summed E-state index contributed by atoms with van der Waals surface area (Å²) in [5, 5.41) is 20.8. The molecule has 0 radical (unpaired) electrons. The molecule has 7 nitrogen and oxygen atoms in total. The number of aryl methyl sites for hydroxylation is 1. The highest BCUT2D eigenvalue weighted by atomic mass is 32.2. The number of sulfonamides is 1. The zero-order valence-electron chi connectivity index (χ0n) is 21.3. The van der Waals surface area contributed by atoms with E-state index in [1.165, 1.54) is 48.9 Å². The van der Waals surface area contributed by atoms with Gasteiger partial charge in [0.25, 0.3) is 10.0 Å². The van der Waals surface area contributed by atoms with Gasteiger partial charge >= 0.3 is 0 Å². The predicted octanol–water partition coefficient (Wildman–Crippen LogP) is 5.37. The monoisotopic (exact) mass is 516 g/mol. The lowest BCUT2D eigenvalue weighted by Gasteiger charge is -2.43. The van der Waals surface area contributed by atoms with Gasteiger partial charge in [0, 0.05) is 18.6 Å². The Balaban J connectivity index is 1.62. The van der Waals surface area contributed by atoms with Crippen LogP contribution in [0.4, 0.5) is 5.69 Å². The van der Waals surface area contributed by atoms with Crippen LogP contribution in [0.2, 0.25) is 0 Å². The smallest absolute Gasteiger partial charge is 0.264 e. The Morgan fingerprint density at radius 3 is 1.97 bits per heavy atom. The minimum Gasteiger partial charge on any atom is -0.390 e. The van der Waals surface area contributed by atoms with Crippen molar-refractivity contribution in [2.75, 3.05) is 17.4 Å². The minimum absolute atomic E-state index is 0.0248. The van der Waals surface area contributed by atoms with Crippen LogP contribution in [0.1, 0.15) is 69.8 Å². The largest absolute Gasteiger partial charge is 0.390 e. The maximum atomic E-state index is 13.8. The second kappa shape index (κ2) is 12.4. The van der Waals surface area contributed by atoms with Gasteiger partial charge in [-0.3, -0.25) is 9.21 Å². The molecule has 0 saturated heterocycles. The number of rotatable bonds is 10. The first-order chi connectivity index (χ1) is 17.4. The van der Waals surface area contributed by atoms with Crippen molar-refractivity contribution in [1.29, 1.82) is 0 Å². The summed E-state index contributed by atoms with van der Waals surface area (Å²) in [6.45, 7) is 2.20. The standard InChI is InChI=1S/C28H40N2O5S/c1-22-16-18-26(19-17-22)36(33,34)30(27-14-8-9-15-28(27)35-32)21-25(31)20-29(23-10-4-2-5-11-23)24-12-6-3-7-13-24/h8-9,14-19,23-25,31-32H,2-7,10-13,20-21H2,1H3/t25-/m0/s1. The molecule has 2 aromatic rings. The van der Waals surface area contributed by atoms with E-state index in [0.29, 0.717) is 18.6 Å². The molecule has 2 aromatic carbocycles. The molecule has 0 aliphatic heterocycles. The molecule has 2 N–H and O–H groups in total. The Bertz CT molecular complexity index is 1050. The zero-order chi connectivity index (χ0) is 25.5. The molecule has 0 bridgehead atoms. The van der Waals surface area contributed by atoms with Gasteiger partial charge in [0.15, 0.2) is 5.75 Å². The van der Waals surface area contributed by atoms with Crippen molar-refractivity contribution in [3.63, 3.8) is 0 Å². The van der Waals surface area contributed by atoms with Gasteiger partial charge in [-0.15, -0.1) is 0 Å². The van der Waals surface area contributed by atoms with Crippen LogP contribution in [0.25, 0.3) is 0 Å². The first-order valence-electron chi connectivity index (χ1n) is 13.3. The van der Waals surface area contributed by atoms with Crippen molar-refractivity contribution in [3.05, 3.63) is 54.1 Å². The second-order valence-corrected chi connectivity index (χ2v) is 12.2. The number of hydrogen-bond acceptors (Lipinski definition) is 6. The molecule has 198 valence electrons. The van der Waals surface area contributed by atoms with E-state index in [1.54, 1.807) is 42.5 Å². The average Bonchev–Trinajstić information content (AvgIpc) is 2.91. The molecule has 2 aliphatic rings. The summed E-state index contributed by atoms with van der Waals surface area (Å²) in [5.41, 5.74) is 1.15. The van der Waals surface area contributed by atoms with Crippen LogP contribution >= 0.6 is 0 Å². The van der Waals surface area contributed by atoms with Gasteiger partial charge < -0.3 is 9.99 Å². The third kappa shape index (κ3) is 6.40. The van der Waals surface area contributed by atoms with E-state index >= 15 is 0 Å². The molecule has 2 saturated carbocycles. The molecule has 2 fully saturated rings. The average molecular weight is 517 g/mol. The lowest BCUT2D eigenvalue weighted by atomic mass is 9.88. The number of aliphatic hydroxyl groups is 1. The molecule has 4 rings (SSSR count). The normalized spacial score (nSPS) is 18.8. The minimum atomic E-state index is -4.02. The van der Waals surface area contributed by atoms with Gasteiger partial charge in [-0.1, -0.05) is 68.4 Å². The fourth-order valence-electron chi connectivity index (χ4n) is 5.82. The second-order valence-electron chi connectivity index (χ2n) is 10.3. The molecule has 0 aromatic heterocycles. The Morgan fingerprint density at radius 1 is 0.861 bits per heavy atom. The molecule has 0 amide bonds. The van der Waals surface area contributed by atoms with Crippen LogP contribution < -0.4 is 9.19 Å². The fraction of sp³-hybridized carbons (Fsp3) is 0.571. The number of hydrogen-bond donors (Lipinski definition) is 2. The van der Waals surface area contributed by atoms with Crippen LogP contribution in [-0.4, -0.2) is 55.0 Å². The van der Waals surface area contributed by atoms with Crippen LogP contribution in [0.5, 0.6) is 5.75 Å². The van der Waals surface area contributed by atoms with E-state index in [1.807, 2.05) is 6.92 Å². The summed E-state index contributed by atoms with van der Waals surface area (Å²) in [6.07, 6.45) is 11.0. The van der Waals surface area contributed by atoms with Crippen LogP contribution in [0, 0.1) is 6.92 Å². The number of aliphatic hydroxyl groups excluding tert-OH is 1. The van der Waals surface area contributed by atoms with Crippen LogP contribution in [-0.2, 0) is 10.0 Å². The van der Waals surface area contributed by atoms with Gasteiger partial charge in [0.1, 0.15) is 0 Å². The molecule has 0 spiro atoms. The fourth-order valence-corrected chi connectivity index (χ4v) is 7.33. The summed E-state index contributed by atoms with van der Waals surface area (Å²) >= 11 is 0. The first kappa shape index (κ1) is 26.9. The van der Waals surface area contributed by atoms with Crippen molar-refractivity contribution < 1.29 is 23.7 Å².